The molecule has 1 saturated carbocycles. The molecule has 1 fully saturated rings. The molecule has 2 aromatic rings. The topological polar surface area (TPSA) is 34.9 Å². The van der Waals surface area contributed by atoms with Crippen molar-refractivity contribution < 1.29 is 0 Å². The minimum Gasteiger partial charge on any atom is -0.290 e. The highest BCUT2D eigenvalue weighted by molar-refractivity contribution is 7.99. The summed E-state index contributed by atoms with van der Waals surface area (Å²) < 4.78 is 1.11. The Labute approximate surface area is 147 Å². The summed E-state index contributed by atoms with van der Waals surface area (Å²) in [6.45, 7) is 0. The van der Waals surface area contributed by atoms with Gasteiger partial charge in [0.25, 0.3) is 5.56 Å². The van der Waals surface area contributed by atoms with Crippen LogP contribution in [0.25, 0.3) is 10.2 Å². The SMILES string of the molecule is Cn1c(SC[C@H]2CC2(Cl)Cl)nc2sc3c(c2c1=O)CCCC3. The van der Waals surface area contributed by atoms with Crippen molar-refractivity contribution in [2.24, 2.45) is 13.0 Å². The Kier molecular flexibility index (Phi) is 3.76. The van der Waals surface area contributed by atoms with Crippen LogP contribution >= 0.6 is 46.3 Å². The largest absolute Gasteiger partial charge is 0.290 e. The molecule has 0 bridgehead atoms. The molecule has 118 valence electrons. The van der Waals surface area contributed by atoms with E-state index in [-0.39, 0.29) is 5.56 Å². The van der Waals surface area contributed by atoms with E-state index in [0.29, 0.717) is 5.92 Å². The fourth-order valence-corrected chi connectivity index (χ4v) is 6.23. The lowest BCUT2D eigenvalue weighted by atomic mass is 9.97. The third kappa shape index (κ3) is 2.50. The molecule has 2 aliphatic rings. The number of fused-ring (bicyclic) bond motifs is 3. The van der Waals surface area contributed by atoms with Crippen molar-refractivity contribution in [2.75, 3.05) is 5.75 Å². The van der Waals surface area contributed by atoms with E-state index in [1.165, 1.54) is 23.3 Å². The maximum Gasteiger partial charge on any atom is 0.262 e. The second-order valence-corrected chi connectivity index (χ2v) is 9.74. The van der Waals surface area contributed by atoms with Crippen molar-refractivity contribution in [3.63, 3.8) is 0 Å². The Hall–Kier alpha value is -0.230. The van der Waals surface area contributed by atoms with E-state index in [1.54, 1.807) is 27.7 Å². The predicted molar refractivity (Wildman–Crippen MR) is 94.8 cm³/mol. The normalized spacial score (nSPS) is 22.8. The molecule has 22 heavy (non-hydrogen) atoms. The minimum absolute atomic E-state index is 0.0886. The number of nitrogens with zero attached hydrogens (tertiary/aromatic N) is 2. The molecule has 0 N–H and O–H groups in total. The molecule has 2 heterocycles. The third-order valence-electron chi connectivity index (χ3n) is 4.52. The van der Waals surface area contributed by atoms with Gasteiger partial charge in [0.15, 0.2) is 5.16 Å². The first-order chi connectivity index (χ1) is 10.5. The predicted octanol–water partition coefficient (Wildman–Crippen LogP) is 4.16. The monoisotopic (exact) mass is 374 g/mol. The summed E-state index contributed by atoms with van der Waals surface area (Å²) in [5.74, 6) is 1.11. The fraction of sp³-hybridized carbons (Fsp3) is 0.600. The van der Waals surface area contributed by atoms with E-state index in [2.05, 4.69) is 0 Å². The molecule has 4 rings (SSSR count). The van der Waals surface area contributed by atoms with E-state index in [1.807, 2.05) is 7.05 Å². The van der Waals surface area contributed by atoms with Gasteiger partial charge in [0.1, 0.15) is 9.16 Å². The lowest BCUT2D eigenvalue weighted by Crippen LogP contribution is -2.20. The molecule has 7 heteroatoms. The highest BCUT2D eigenvalue weighted by atomic mass is 35.5. The summed E-state index contributed by atoms with van der Waals surface area (Å²) in [5.41, 5.74) is 1.34. The third-order valence-corrected chi connectivity index (χ3v) is 7.83. The molecule has 3 nitrogen and oxygen atoms in total. The van der Waals surface area contributed by atoms with Crippen molar-refractivity contribution >= 4 is 56.5 Å². The summed E-state index contributed by atoms with van der Waals surface area (Å²) in [6.07, 6.45) is 5.32. The molecule has 0 saturated heterocycles. The van der Waals surface area contributed by atoms with E-state index in [4.69, 9.17) is 28.2 Å². The molecule has 2 aliphatic carbocycles. The smallest absolute Gasteiger partial charge is 0.262 e. The van der Waals surface area contributed by atoms with Gasteiger partial charge < -0.3 is 0 Å². The molecule has 0 aromatic carbocycles. The van der Waals surface area contributed by atoms with Gasteiger partial charge in [-0.25, -0.2) is 4.98 Å². The number of rotatable bonds is 3. The van der Waals surface area contributed by atoms with Crippen molar-refractivity contribution in [3.05, 3.63) is 20.8 Å². The van der Waals surface area contributed by atoms with Gasteiger partial charge in [-0.15, -0.1) is 34.5 Å². The molecule has 0 unspecified atom stereocenters. The van der Waals surface area contributed by atoms with Gasteiger partial charge in [0, 0.05) is 23.6 Å². The first-order valence-corrected chi connectivity index (χ1v) is 10.0. The van der Waals surface area contributed by atoms with E-state index < -0.39 is 4.33 Å². The maximum absolute atomic E-state index is 12.7. The summed E-state index contributed by atoms with van der Waals surface area (Å²) >= 11 is 15.4. The zero-order chi connectivity index (χ0) is 15.5. The van der Waals surface area contributed by atoms with Crippen LogP contribution < -0.4 is 5.56 Å². The Bertz CT molecular complexity index is 812. The second-order valence-electron chi connectivity index (χ2n) is 6.12. The van der Waals surface area contributed by atoms with Crippen LogP contribution in [0.1, 0.15) is 29.7 Å². The summed E-state index contributed by atoms with van der Waals surface area (Å²) in [4.78, 5) is 19.7. The van der Waals surface area contributed by atoms with Gasteiger partial charge in [-0.05, 0) is 37.7 Å². The first-order valence-electron chi connectivity index (χ1n) is 7.49. The Morgan fingerprint density at radius 3 is 2.86 bits per heavy atom. The summed E-state index contributed by atoms with van der Waals surface area (Å²) in [6, 6.07) is 0. The average Bonchev–Trinajstić information content (AvgIpc) is 2.93. The molecule has 0 amide bonds. The number of halogens is 2. The van der Waals surface area contributed by atoms with Crippen LogP contribution in [0.4, 0.5) is 0 Å². The van der Waals surface area contributed by atoms with Crippen LogP contribution in [0.15, 0.2) is 9.95 Å². The van der Waals surface area contributed by atoms with Crippen molar-refractivity contribution in [3.8, 4) is 0 Å². The van der Waals surface area contributed by atoms with E-state index >= 15 is 0 Å². The Morgan fingerprint density at radius 2 is 2.14 bits per heavy atom. The van der Waals surface area contributed by atoms with Gasteiger partial charge in [0.05, 0.1) is 5.39 Å². The molecular weight excluding hydrogens is 359 g/mol. The molecule has 1 atom stereocenters. The zero-order valence-corrected chi connectivity index (χ0v) is 15.3. The lowest BCUT2D eigenvalue weighted by Gasteiger charge is -2.10. The maximum atomic E-state index is 12.7. The average molecular weight is 375 g/mol. The summed E-state index contributed by atoms with van der Waals surface area (Å²) in [7, 11) is 1.81. The standard InChI is InChI=1S/C15H16Cl2N2OS2/c1-19-13(20)11-9-4-2-3-5-10(9)22-12(11)18-14(19)21-7-8-6-15(8,16)17/h8H,2-7H2,1H3/t8-/m1/s1. The van der Waals surface area contributed by atoms with Crippen molar-refractivity contribution in [2.45, 2.75) is 41.6 Å². The minimum atomic E-state index is -0.571. The number of aromatic nitrogens is 2. The van der Waals surface area contributed by atoms with Crippen LogP contribution in [0.5, 0.6) is 0 Å². The van der Waals surface area contributed by atoms with Crippen molar-refractivity contribution in [1.29, 1.82) is 0 Å². The van der Waals surface area contributed by atoms with Crippen LogP contribution in [-0.4, -0.2) is 19.6 Å². The number of hydrogen-bond acceptors (Lipinski definition) is 4. The number of thiophene rings is 1. The second kappa shape index (κ2) is 5.40. The lowest BCUT2D eigenvalue weighted by molar-refractivity contribution is 0.695. The van der Waals surface area contributed by atoms with Gasteiger partial charge in [-0.1, -0.05) is 11.8 Å². The molecule has 0 aliphatic heterocycles. The zero-order valence-electron chi connectivity index (χ0n) is 12.2. The Morgan fingerprint density at radius 1 is 1.41 bits per heavy atom. The number of alkyl halides is 2. The number of hydrogen-bond donors (Lipinski definition) is 0. The molecular formula is C15H16Cl2N2OS2. The van der Waals surface area contributed by atoms with Gasteiger partial charge >= 0.3 is 0 Å². The van der Waals surface area contributed by atoms with Gasteiger partial charge in [-0.3, -0.25) is 9.36 Å². The van der Waals surface area contributed by atoms with Crippen molar-refractivity contribution in [1.82, 2.24) is 9.55 Å². The molecule has 0 radical (unpaired) electrons. The van der Waals surface area contributed by atoms with Crippen LogP contribution in [0.3, 0.4) is 0 Å². The fourth-order valence-electron chi connectivity index (χ4n) is 3.02. The van der Waals surface area contributed by atoms with Crippen LogP contribution in [0, 0.1) is 5.92 Å². The first kappa shape index (κ1) is 15.3. The Balaban J connectivity index is 1.71. The highest BCUT2D eigenvalue weighted by Gasteiger charge is 2.51. The molecule has 2 aromatic heterocycles. The number of aryl methyl sites for hydroxylation is 2. The number of thioether (sulfide) groups is 1. The molecule has 0 spiro atoms. The van der Waals surface area contributed by atoms with E-state index in [0.717, 1.165) is 40.4 Å². The van der Waals surface area contributed by atoms with Crippen LogP contribution in [0.2, 0.25) is 0 Å². The van der Waals surface area contributed by atoms with Crippen LogP contribution in [-0.2, 0) is 19.9 Å². The summed E-state index contributed by atoms with van der Waals surface area (Å²) in [5, 5.41) is 1.62. The quantitative estimate of drug-likeness (QED) is 0.459. The van der Waals surface area contributed by atoms with Gasteiger partial charge in [0.2, 0.25) is 0 Å². The highest BCUT2D eigenvalue weighted by Crippen LogP contribution is 2.54. The van der Waals surface area contributed by atoms with E-state index in [9.17, 15) is 4.79 Å². The van der Waals surface area contributed by atoms with Gasteiger partial charge in [-0.2, -0.15) is 0 Å².